The number of carboxylic acids is 1. The summed E-state index contributed by atoms with van der Waals surface area (Å²) in [7, 11) is 0. The minimum atomic E-state index is -1.16. The molecule has 1 aromatic carbocycles. The summed E-state index contributed by atoms with van der Waals surface area (Å²) in [6.07, 6.45) is 3.75. The van der Waals surface area contributed by atoms with Crippen LogP contribution in [0.3, 0.4) is 0 Å². The highest BCUT2D eigenvalue weighted by molar-refractivity contribution is 5.80. The van der Waals surface area contributed by atoms with Gasteiger partial charge in [0.2, 0.25) is 0 Å². The van der Waals surface area contributed by atoms with E-state index in [0.29, 0.717) is 13.2 Å². The van der Waals surface area contributed by atoms with Gasteiger partial charge in [0.1, 0.15) is 5.82 Å². The fourth-order valence-corrected chi connectivity index (χ4v) is 4.33. The minimum Gasteiger partial charge on any atom is -0.481 e. The molecule has 7 heteroatoms. The molecule has 3 N–H and O–H groups in total. The highest BCUT2D eigenvalue weighted by atomic mass is 19.1. The number of aromatic nitrogens is 1. The van der Waals surface area contributed by atoms with E-state index in [1.165, 1.54) is 12.1 Å². The third kappa shape index (κ3) is 9.33. The molecule has 1 aromatic heterocycles. The Morgan fingerprint density at radius 2 is 1.70 bits per heavy atom. The molecule has 2 unspecified atom stereocenters. The number of aliphatic hydroxyl groups is 2. The number of nitrogens with zero attached hydrogens (tertiary/aromatic N) is 1. The van der Waals surface area contributed by atoms with Crippen LogP contribution in [0.5, 0.6) is 0 Å². The number of ether oxygens (including phenoxy) is 1. The van der Waals surface area contributed by atoms with Crippen LogP contribution >= 0.6 is 0 Å². The first kappa shape index (κ1) is 30.6. The highest BCUT2D eigenvalue weighted by Gasteiger charge is 2.23. The molecule has 0 aliphatic carbocycles. The number of hydrogen-bond acceptors (Lipinski definition) is 5. The first-order valence-corrected chi connectivity index (χ1v) is 13.2. The van der Waals surface area contributed by atoms with Crippen LogP contribution in [-0.2, 0) is 16.1 Å². The van der Waals surface area contributed by atoms with E-state index in [4.69, 9.17) is 14.8 Å². The van der Waals surface area contributed by atoms with Gasteiger partial charge in [-0.3, -0.25) is 9.78 Å². The van der Waals surface area contributed by atoms with Crippen LogP contribution in [0.15, 0.2) is 30.3 Å². The Morgan fingerprint density at radius 1 is 1.05 bits per heavy atom. The smallest absolute Gasteiger partial charge is 0.305 e. The van der Waals surface area contributed by atoms with E-state index in [0.717, 1.165) is 52.9 Å². The van der Waals surface area contributed by atoms with Gasteiger partial charge < -0.3 is 20.1 Å². The van der Waals surface area contributed by atoms with Crippen molar-refractivity contribution in [2.75, 3.05) is 6.61 Å². The van der Waals surface area contributed by atoms with E-state index < -0.39 is 24.6 Å². The van der Waals surface area contributed by atoms with Gasteiger partial charge in [0.25, 0.3) is 0 Å². The van der Waals surface area contributed by atoms with Gasteiger partial charge in [-0.2, -0.15) is 0 Å². The second-order valence-corrected chi connectivity index (χ2v) is 10.1. The second kappa shape index (κ2) is 15.0. The van der Waals surface area contributed by atoms with Gasteiger partial charge in [0.05, 0.1) is 30.9 Å². The Kier molecular flexibility index (Phi) is 12.4. The maximum Gasteiger partial charge on any atom is 0.305 e. The molecule has 0 fully saturated rings. The topological polar surface area (TPSA) is 99.9 Å². The Hall–Kier alpha value is -2.61. The molecule has 2 aromatic rings. The van der Waals surface area contributed by atoms with Crippen LogP contribution in [0.2, 0.25) is 0 Å². The van der Waals surface area contributed by atoms with E-state index >= 15 is 0 Å². The summed E-state index contributed by atoms with van der Waals surface area (Å²) in [5, 5.41) is 29.4. The molecule has 2 rings (SSSR count). The van der Waals surface area contributed by atoms with Crippen molar-refractivity contribution >= 4 is 12.0 Å². The highest BCUT2D eigenvalue weighted by Crippen LogP contribution is 2.38. The van der Waals surface area contributed by atoms with Gasteiger partial charge >= 0.3 is 5.97 Å². The summed E-state index contributed by atoms with van der Waals surface area (Å²) in [5.74, 6) is -1.27. The number of carbonyl (C=O) groups is 1. The van der Waals surface area contributed by atoms with Crippen LogP contribution in [-0.4, -0.2) is 45.1 Å². The van der Waals surface area contributed by atoms with Crippen molar-refractivity contribution in [2.45, 2.75) is 97.4 Å². The third-order valence-corrected chi connectivity index (χ3v) is 6.17. The molecule has 6 nitrogen and oxygen atoms in total. The Morgan fingerprint density at radius 3 is 2.27 bits per heavy atom. The fraction of sp³-hybridized carbons (Fsp3) is 0.533. The number of rotatable bonds is 15. The monoisotopic (exact) mass is 515 g/mol. The second-order valence-electron chi connectivity index (χ2n) is 10.1. The van der Waals surface area contributed by atoms with Crippen molar-refractivity contribution in [3.63, 3.8) is 0 Å². The molecule has 1 heterocycles. The van der Waals surface area contributed by atoms with Crippen LogP contribution < -0.4 is 0 Å². The van der Waals surface area contributed by atoms with Crippen LogP contribution in [0.25, 0.3) is 17.2 Å². The zero-order valence-electron chi connectivity index (χ0n) is 22.7. The van der Waals surface area contributed by atoms with Crippen molar-refractivity contribution < 1.29 is 29.2 Å². The van der Waals surface area contributed by atoms with Gasteiger partial charge in [-0.25, -0.2) is 4.39 Å². The Labute approximate surface area is 220 Å². The van der Waals surface area contributed by atoms with Gasteiger partial charge in [-0.1, -0.05) is 71.7 Å². The van der Waals surface area contributed by atoms with Gasteiger partial charge in [-0.05, 0) is 41.5 Å². The van der Waals surface area contributed by atoms with Crippen molar-refractivity contribution in [3.8, 4) is 11.1 Å². The van der Waals surface area contributed by atoms with E-state index in [1.54, 1.807) is 24.3 Å². The first-order chi connectivity index (χ1) is 17.5. The maximum atomic E-state index is 13.9. The van der Waals surface area contributed by atoms with Crippen LogP contribution in [0, 0.1) is 5.82 Å². The molecule has 2 atom stereocenters. The molecule has 0 saturated heterocycles. The van der Waals surface area contributed by atoms with E-state index in [1.807, 2.05) is 13.8 Å². The van der Waals surface area contributed by atoms with Gasteiger partial charge in [0, 0.05) is 29.8 Å². The molecule has 0 saturated carbocycles. The number of pyridine rings is 1. The summed E-state index contributed by atoms with van der Waals surface area (Å²) in [5.41, 5.74) is 5.19. The number of benzene rings is 1. The number of aliphatic hydroxyl groups excluding tert-OH is 2. The molecule has 0 bridgehead atoms. The average Bonchev–Trinajstić information content (AvgIpc) is 2.82. The average molecular weight is 516 g/mol. The molecule has 0 amide bonds. The van der Waals surface area contributed by atoms with Crippen molar-refractivity contribution in [1.29, 1.82) is 0 Å². The van der Waals surface area contributed by atoms with Gasteiger partial charge in [0.15, 0.2) is 0 Å². The predicted octanol–water partition coefficient (Wildman–Crippen LogP) is 6.44. The normalized spacial score (nSPS) is 13.6. The fourth-order valence-electron chi connectivity index (χ4n) is 4.33. The van der Waals surface area contributed by atoms with Crippen LogP contribution in [0.4, 0.5) is 4.39 Å². The van der Waals surface area contributed by atoms with Crippen molar-refractivity contribution in [2.24, 2.45) is 0 Å². The number of halogens is 1. The Balaban J connectivity index is 2.64. The molecule has 204 valence electrons. The molecule has 0 aliphatic rings. The van der Waals surface area contributed by atoms with E-state index in [9.17, 15) is 19.4 Å². The largest absolute Gasteiger partial charge is 0.481 e. The van der Waals surface area contributed by atoms with Gasteiger partial charge in [-0.15, -0.1) is 0 Å². The summed E-state index contributed by atoms with van der Waals surface area (Å²) in [6, 6.07) is 6.33. The van der Waals surface area contributed by atoms with E-state index in [2.05, 4.69) is 20.8 Å². The Bertz CT molecular complexity index is 1030. The van der Waals surface area contributed by atoms with Crippen molar-refractivity contribution in [1.82, 2.24) is 4.98 Å². The number of aliphatic carboxylic acids is 1. The molecule has 0 radical (unpaired) electrons. The lowest BCUT2D eigenvalue weighted by Crippen LogP contribution is -2.19. The zero-order valence-corrected chi connectivity index (χ0v) is 22.7. The summed E-state index contributed by atoms with van der Waals surface area (Å²) >= 11 is 0. The molecular formula is C30H42FNO5. The lowest BCUT2D eigenvalue weighted by molar-refractivity contribution is -0.139. The summed E-state index contributed by atoms with van der Waals surface area (Å²) in [4.78, 5) is 15.9. The predicted molar refractivity (Wildman–Crippen MR) is 145 cm³/mol. The molecular weight excluding hydrogens is 473 g/mol. The first-order valence-electron chi connectivity index (χ1n) is 13.2. The maximum absolute atomic E-state index is 13.9. The summed E-state index contributed by atoms with van der Waals surface area (Å²) < 4.78 is 19.9. The molecule has 37 heavy (non-hydrogen) atoms. The van der Waals surface area contributed by atoms with E-state index in [-0.39, 0.29) is 24.1 Å². The molecule has 0 spiro atoms. The standard InChI is InChI=1S/C30H42FNO5/c1-6-7-8-15-37-18-26-28(21-9-11-22(31)12-10-21)25(29(19(2)3)32-30(26)20(4)5)14-13-23(33)16-24(34)17-27(35)36/h9-14,19-20,23-24,33-34H,6-8,15-18H2,1-5H3,(H,35,36)/b14-13+. The summed E-state index contributed by atoms with van der Waals surface area (Å²) in [6.45, 7) is 11.4. The number of unbranched alkanes of at least 4 members (excludes halogenated alkanes) is 2. The zero-order chi connectivity index (χ0) is 27.5. The lowest BCUT2D eigenvalue weighted by Gasteiger charge is -2.24. The quantitative estimate of drug-likeness (QED) is 0.236. The third-order valence-electron chi connectivity index (χ3n) is 6.17. The number of carboxylic acid groups (broad SMARTS) is 1. The lowest BCUT2D eigenvalue weighted by atomic mass is 9.87. The minimum absolute atomic E-state index is 0.0608. The van der Waals surface area contributed by atoms with Crippen molar-refractivity contribution in [3.05, 3.63) is 58.7 Å². The SMILES string of the molecule is CCCCCOCc1c(C(C)C)nc(C(C)C)c(/C=C/C(O)CC(O)CC(=O)O)c1-c1ccc(F)cc1. The molecule has 0 aliphatic heterocycles. The number of hydrogen-bond donors (Lipinski definition) is 3. The van der Waals surface area contributed by atoms with Crippen LogP contribution in [0.1, 0.15) is 101 Å².